The van der Waals surface area contributed by atoms with Gasteiger partial charge in [-0.15, -0.1) is 10.2 Å². The molecule has 0 fully saturated rings. The van der Waals surface area contributed by atoms with Crippen LogP contribution in [0.15, 0.2) is 58.9 Å². The lowest BCUT2D eigenvalue weighted by Crippen LogP contribution is -2.24. The first-order chi connectivity index (χ1) is 14.1. The van der Waals surface area contributed by atoms with Crippen molar-refractivity contribution in [3.63, 3.8) is 0 Å². The molecule has 0 spiro atoms. The van der Waals surface area contributed by atoms with Crippen LogP contribution >= 0.6 is 34.7 Å². The third kappa shape index (κ3) is 7.16. The van der Waals surface area contributed by atoms with Crippen molar-refractivity contribution in [3.8, 4) is 0 Å². The number of halogens is 1. The normalized spacial score (nSPS) is 10.5. The van der Waals surface area contributed by atoms with Gasteiger partial charge in [-0.3, -0.25) is 9.59 Å². The van der Waals surface area contributed by atoms with Crippen molar-refractivity contribution >= 4 is 51.6 Å². The van der Waals surface area contributed by atoms with Gasteiger partial charge in [-0.1, -0.05) is 83.2 Å². The summed E-state index contributed by atoms with van der Waals surface area (Å²) in [6, 6.07) is 17.2. The number of aromatic nitrogens is 2. The Hall–Kier alpha value is -2.42. The number of hydrogen-bond donors (Lipinski definition) is 2. The average molecular weight is 447 g/mol. The quantitative estimate of drug-likeness (QED) is 0.380. The molecule has 0 saturated carbocycles. The fourth-order valence-electron chi connectivity index (χ4n) is 2.42. The number of anilines is 1. The molecule has 2 aromatic carbocycles. The largest absolute Gasteiger partial charge is 0.351 e. The van der Waals surface area contributed by atoms with Gasteiger partial charge in [-0.2, -0.15) is 0 Å². The van der Waals surface area contributed by atoms with E-state index in [2.05, 4.69) is 20.8 Å². The maximum atomic E-state index is 12.1. The van der Waals surface area contributed by atoms with Crippen LogP contribution < -0.4 is 10.6 Å². The zero-order chi connectivity index (χ0) is 20.5. The summed E-state index contributed by atoms with van der Waals surface area (Å²) < 4.78 is 0.622. The van der Waals surface area contributed by atoms with Crippen LogP contribution in [0.25, 0.3) is 0 Å². The molecule has 1 heterocycles. The second kappa shape index (κ2) is 10.9. The summed E-state index contributed by atoms with van der Waals surface area (Å²) in [6.07, 6.45) is 1.04. The number of benzene rings is 2. The van der Waals surface area contributed by atoms with Crippen molar-refractivity contribution in [1.29, 1.82) is 0 Å². The Kier molecular flexibility index (Phi) is 8.03. The highest BCUT2D eigenvalue weighted by molar-refractivity contribution is 8.01. The zero-order valence-electron chi connectivity index (χ0n) is 15.4. The van der Waals surface area contributed by atoms with Gasteiger partial charge >= 0.3 is 0 Å². The first-order valence-electron chi connectivity index (χ1n) is 8.90. The first kappa shape index (κ1) is 21.3. The van der Waals surface area contributed by atoms with Crippen LogP contribution in [-0.4, -0.2) is 27.8 Å². The Morgan fingerprint density at radius 1 is 1.00 bits per heavy atom. The molecule has 0 atom stereocenters. The van der Waals surface area contributed by atoms with E-state index in [4.69, 9.17) is 11.6 Å². The third-order valence-electron chi connectivity index (χ3n) is 3.90. The lowest BCUT2D eigenvalue weighted by Gasteiger charge is -2.05. The van der Waals surface area contributed by atoms with Crippen LogP contribution in [0.2, 0.25) is 5.02 Å². The molecular weight excluding hydrogens is 428 g/mol. The van der Waals surface area contributed by atoms with Gasteiger partial charge in [0.1, 0.15) is 0 Å². The standard InChI is InChI=1S/C20H19ClN4O2S2/c21-16-9-5-4-8-15(16)12-22-18(27)13-28-20-25-24-19(29-20)23-17(26)11-10-14-6-2-1-3-7-14/h1-9H,10-13H2,(H,22,27)(H,23,24,26). The highest BCUT2D eigenvalue weighted by Crippen LogP contribution is 2.25. The zero-order valence-corrected chi connectivity index (χ0v) is 17.8. The number of aryl methyl sites for hydroxylation is 1. The molecule has 6 nitrogen and oxygen atoms in total. The van der Waals surface area contributed by atoms with Crippen molar-refractivity contribution in [3.05, 3.63) is 70.7 Å². The minimum Gasteiger partial charge on any atom is -0.351 e. The van der Waals surface area contributed by atoms with Gasteiger partial charge in [0.25, 0.3) is 0 Å². The van der Waals surface area contributed by atoms with Crippen molar-refractivity contribution in [2.24, 2.45) is 0 Å². The minimum absolute atomic E-state index is 0.112. The molecule has 0 bridgehead atoms. The molecule has 1 aromatic heterocycles. The molecule has 0 aliphatic rings. The van der Waals surface area contributed by atoms with E-state index in [0.717, 1.165) is 11.1 Å². The smallest absolute Gasteiger partial charge is 0.230 e. The van der Waals surface area contributed by atoms with Crippen molar-refractivity contribution in [1.82, 2.24) is 15.5 Å². The van der Waals surface area contributed by atoms with E-state index in [1.807, 2.05) is 48.5 Å². The van der Waals surface area contributed by atoms with Crippen LogP contribution in [0.5, 0.6) is 0 Å². The van der Waals surface area contributed by atoms with Gasteiger partial charge in [-0.05, 0) is 23.6 Å². The lowest BCUT2D eigenvalue weighted by molar-refractivity contribution is -0.118. The summed E-state index contributed by atoms with van der Waals surface area (Å²) >= 11 is 8.60. The molecule has 2 amide bonds. The molecule has 29 heavy (non-hydrogen) atoms. The van der Waals surface area contributed by atoms with Crippen LogP contribution in [0.3, 0.4) is 0 Å². The molecule has 3 rings (SSSR count). The molecule has 150 valence electrons. The highest BCUT2D eigenvalue weighted by Gasteiger charge is 2.11. The van der Waals surface area contributed by atoms with Crippen molar-refractivity contribution < 1.29 is 9.59 Å². The Bertz CT molecular complexity index is 966. The van der Waals surface area contributed by atoms with Crippen LogP contribution in [-0.2, 0) is 22.6 Å². The number of hydrogen-bond acceptors (Lipinski definition) is 6. The molecule has 0 unspecified atom stereocenters. The van der Waals surface area contributed by atoms with E-state index in [-0.39, 0.29) is 17.6 Å². The maximum Gasteiger partial charge on any atom is 0.230 e. The molecular formula is C20H19ClN4O2S2. The molecule has 0 radical (unpaired) electrons. The summed E-state index contributed by atoms with van der Waals surface area (Å²) in [7, 11) is 0. The van der Waals surface area contributed by atoms with E-state index in [1.54, 1.807) is 6.07 Å². The SMILES string of the molecule is O=C(CSc1nnc(NC(=O)CCc2ccccc2)s1)NCc1ccccc1Cl. The van der Waals surface area contributed by atoms with E-state index in [0.29, 0.717) is 33.9 Å². The maximum absolute atomic E-state index is 12.1. The van der Waals surface area contributed by atoms with Crippen LogP contribution in [0.1, 0.15) is 17.5 Å². The molecule has 0 aliphatic heterocycles. The van der Waals surface area contributed by atoms with E-state index in [1.165, 1.54) is 23.1 Å². The number of nitrogens with one attached hydrogen (secondary N) is 2. The Balaban J connectivity index is 1.38. The van der Waals surface area contributed by atoms with E-state index >= 15 is 0 Å². The Morgan fingerprint density at radius 2 is 1.76 bits per heavy atom. The second-order valence-corrected chi connectivity index (χ2v) is 8.67. The number of rotatable bonds is 9. The van der Waals surface area contributed by atoms with Gasteiger partial charge < -0.3 is 10.6 Å². The number of amides is 2. The summed E-state index contributed by atoms with van der Waals surface area (Å²) in [5.41, 5.74) is 1.97. The molecule has 0 aliphatic carbocycles. The summed E-state index contributed by atoms with van der Waals surface area (Å²) in [5.74, 6) is -0.0290. The predicted octanol–water partition coefficient (Wildman–Crippen LogP) is 4.17. The number of carbonyl (C=O) groups is 2. The highest BCUT2D eigenvalue weighted by atomic mass is 35.5. The van der Waals surface area contributed by atoms with Gasteiger partial charge in [0, 0.05) is 18.0 Å². The molecule has 2 N–H and O–H groups in total. The summed E-state index contributed by atoms with van der Waals surface area (Å²) in [6.45, 7) is 0.373. The predicted molar refractivity (Wildman–Crippen MR) is 117 cm³/mol. The van der Waals surface area contributed by atoms with Gasteiger partial charge in [-0.25, -0.2) is 0 Å². The average Bonchev–Trinajstić information content (AvgIpc) is 3.18. The number of thioether (sulfide) groups is 1. The second-order valence-electron chi connectivity index (χ2n) is 6.06. The summed E-state index contributed by atoms with van der Waals surface area (Å²) in [5, 5.41) is 14.6. The van der Waals surface area contributed by atoms with Crippen molar-refractivity contribution in [2.75, 3.05) is 11.1 Å². The van der Waals surface area contributed by atoms with Gasteiger partial charge in [0.05, 0.1) is 5.75 Å². The number of carbonyl (C=O) groups excluding carboxylic acids is 2. The van der Waals surface area contributed by atoms with E-state index < -0.39 is 0 Å². The minimum atomic E-state index is -0.126. The van der Waals surface area contributed by atoms with E-state index in [9.17, 15) is 9.59 Å². The molecule has 9 heteroatoms. The fraction of sp³-hybridized carbons (Fsp3) is 0.200. The van der Waals surface area contributed by atoms with Crippen LogP contribution in [0, 0.1) is 0 Å². The van der Waals surface area contributed by atoms with Crippen LogP contribution in [0.4, 0.5) is 5.13 Å². The topological polar surface area (TPSA) is 84.0 Å². The fourth-order valence-corrected chi connectivity index (χ4v) is 4.22. The first-order valence-corrected chi connectivity index (χ1v) is 11.1. The Morgan fingerprint density at radius 3 is 2.55 bits per heavy atom. The van der Waals surface area contributed by atoms with Crippen molar-refractivity contribution in [2.45, 2.75) is 23.7 Å². The Labute approximate surface area is 182 Å². The lowest BCUT2D eigenvalue weighted by atomic mass is 10.1. The van der Waals surface area contributed by atoms with Gasteiger partial charge in [0.15, 0.2) is 4.34 Å². The van der Waals surface area contributed by atoms with Gasteiger partial charge in [0.2, 0.25) is 16.9 Å². The monoisotopic (exact) mass is 446 g/mol. The third-order valence-corrected chi connectivity index (χ3v) is 6.24. The number of nitrogens with zero attached hydrogens (tertiary/aromatic N) is 2. The summed E-state index contributed by atoms with van der Waals surface area (Å²) in [4.78, 5) is 24.1. The molecule has 0 saturated heterocycles. The molecule has 3 aromatic rings.